The van der Waals surface area contributed by atoms with Crippen LogP contribution in [0.1, 0.15) is 30.4 Å². The predicted octanol–water partition coefficient (Wildman–Crippen LogP) is 0.259. The number of carbonyl (C=O) groups is 2. The first-order valence-corrected chi connectivity index (χ1v) is 8.42. The van der Waals surface area contributed by atoms with Gasteiger partial charge in [-0.05, 0) is 48.9 Å². The molecular weight excluding hydrogens is 292 g/mol. The predicted molar refractivity (Wildman–Crippen MR) is 75.0 cm³/mol. The van der Waals surface area contributed by atoms with E-state index in [-0.39, 0.29) is 17.2 Å². The number of sulfonamides is 1. The van der Waals surface area contributed by atoms with Gasteiger partial charge in [-0.3, -0.25) is 9.59 Å². The summed E-state index contributed by atoms with van der Waals surface area (Å²) in [7, 11) is -3.89. The summed E-state index contributed by atoms with van der Waals surface area (Å²) < 4.78 is 26.5. The highest BCUT2D eigenvalue weighted by Gasteiger charge is 2.30. The van der Waals surface area contributed by atoms with Crippen LogP contribution in [0.15, 0.2) is 23.1 Å². The van der Waals surface area contributed by atoms with Crippen LogP contribution >= 0.6 is 0 Å². The minimum Gasteiger partial charge on any atom is -0.344 e. The molecule has 1 atom stereocenters. The highest BCUT2D eigenvalue weighted by Crippen LogP contribution is 2.24. The molecule has 0 radical (unpaired) electrons. The van der Waals surface area contributed by atoms with E-state index in [1.807, 2.05) is 4.72 Å². The van der Waals surface area contributed by atoms with Gasteiger partial charge in [0.25, 0.3) is 15.9 Å². The quantitative estimate of drug-likeness (QED) is 0.837. The molecule has 0 bridgehead atoms. The lowest BCUT2D eigenvalue weighted by Crippen LogP contribution is -2.44. The van der Waals surface area contributed by atoms with Crippen LogP contribution in [-0.4, -0.2) is 26.3 Å². The Hall–Kier alpha value is -1.89. The van der Waals surface area contributed by atoms with E-state index in [0.717, 1.165) is 24.8 Å². The first-order valence-electron chi connectivity index (χ1n) is 6.93. The Morgan fingerprint density at radius 2 is 1.95 bits per heavy atom. The van der Waals surface area contributed by atoms with Crippen LogP contribution < -0.4 is 10.0 Å². The number of rotatable bonds is 3. The van der Waals surface area contributed by atoms with E-state index in [9.17, 15) is 18.0 Å². The molecule has 2 amide bonds. The van der Waals surface area contributed by atoms with Gasteiger partial charge in [-0.25, -0.2) is 13.1 Å². The van der Waals surface area contributed by atoms with Crippen LogP contribution in [0.3, 0.4) is 0 Å². The summed E-state index contributed by atoms with van der Waals surface area (Å²) in [5.41, 5.74) is 2.20. The van der Waals surface area contributed by atoms with Crippen LogP contribution in [-0.2, 0) is 32.5 Å². The zero-order chi connectivity index (χ0) is 15.0. The molecule has 0 unspecified atom stereocenters. The summed E-state index contributed by atoms with van der Waals surface area (Å²) in [6, 6.07) is 4.19. The summed E-state index contributed by atoms with van der Waals surface area (Å²) in [6.07, 6.45) is 3.43. The van der Waals surface area contributed by atoms with Crippen molar-refractivity contribution in [1.82, 2.24) is 10.0 Å². The lowest BCUT2D eigenvalue weighted by molar-refractivity contribution is -0.124. The van der Waals surface area contributed by atoms with Crippen molar-refractivity contribution in [2.75, 3.05) is 0 Å². The summed E-state index contributed by atoms with van der Waals surface area (Å²) in [5.74, 6) is -0.911. The third-order valence-corrected chi connectivity index (χ3v) is 5.27. The number of nitrogens with one attached hydrogen (secondary N) is 2. The molecule has 1 aliphatic heterocycles. The lowest BCUT2D eigenvalue weighted by atomic mass is 10.1. The minimum absolute atomic E-state index is 0.0980. The van der Waals surface area contributed by atoms with Gasteiger partial charge in [-0.2, -0.15) is 0 Å². The average molecular weight is 308 g/mol. The smallest absolute Gasteiger partial charge is 0.264 e. The van der Waals surface area contributed by atoms with E-state index in [4.69, 9.17) is 0 Å². The van der Waals surface area contributed by atoms with Crippen molar-refractivity contribution in [2.24, 2.45) is 0 Å². The van der Waals surface area contributed by atoms with Crippen molar-refractivity contribution < 1.29 is 18.0 Å². The largest absolute Gasteiger partial charge is 0.344 e. The van der Waals surface area contributed by atoms with Gasteiger partial charge in [-0.15, -0.1) is 0 Å². The first-order chi connectivity index (χ1) is 9.95. The fraction of sp³-hybridized carbons (Fsp3) is 0.429. The van der Waals surface area contributed by atoms with E-state index in [1.54, 1.807) is 12.1 Å². The molecule has 0 saturated carbocycles. The van der Waals surface area contributed by atoms with Gasteiger partial charge >= 0.3 is 0 Å². The maximum atomic E-state index is 12.2. The number of amides is 2. The van der Waals surface area contributed by atoms with Crippen molar-refractivity contribution in [3.8, 4) is 0 Å². The molecule has 6 nitrogen and oxygen atoms in total. The van der Waals surface area contributed by atoms with Gasteiger partial charge in [0, 0.05) is 6.42 Å². The van der Waals surface area contributed by atoms with Crippen molar-refractivity contribution in [3.05, 3.63) is 29.3 Å². The first kappa shape index (κ1) is 14.1. The summed E-state index contributed by atoms with van der Waals surface area (Å²) in [6.45, 7) is 0. The van der Waals surface area contributed by atoms with E-state index in [1.165, 1.54) is 11.6 Å². The standard InChI is InChI=1S/C14H16N2O4S/c17-13-7-6-12(15-13)14(18)16-21(19,20)11-5-4-9-2-1-3-10(9)8-11/h4-5,8,12H,1-3,6-7H2,(H,15,17)(H,16,18)/t12-/m1/s1. The second-order valence-electron chi connectivity index (χ2n) is 5.41. The molecule has 2 N–H and O–H groups in total. The van der Waals surface area contributed by atoms with E-state index < -0.39 is 22.0 Å². The Bertz CT molecular complexity index is 712. The summed E-state index contributed by atoms with van der Waals surface area (Å²) in [5, 5.41) is 2.45. The normalized spacial score (nSPS) is 21.0. The highest BCUT2D eigenvalue weighted by molar-refractivity contribution is 7.90. The van der Waals surface area contributed by atoms with Crippen LogP contribution in [0.25, 0.3) is 0 Å². The van der Waals surface area contributed by atoms with Gasteiger partial charge in [-0.1, -0.05) is 6.07 Å². The molecule has 2 aliphatic rings. The molecule has 7 heteroatoms. The van der Waals surface area contributed by atoms with E-state index >= 15 is 0 Å². The Labute approximate surface area is 123 Å². The SMILES string of the molecule is O=C1CC[C@H](C(=O)NS(=O)(=O)c2ccc3c(c2)CCC3)N1. The zero-order valence-electron chi connectivity index (χ0n) is 11.4. The lowest BCUT2D eigenvalue weighted by Gasteiger charge is -2.12. The Morgan fingerprint density at radius 1 is 1.19 bits per heavy atom. The van der Waals surface area contributed by atoms with Gasteiger partial charge in [0.1, 0.15) is 6.04 Å². The third-order valence-electron chi connectivity index (χ3n) is 3.93. The Kier molecular flexibility index (Phi) is 3.44. The van der Waals surface area contributed by atoms with Crippen LogP contribution in [0.4, 0.5) is 0 Å². The van der Waals surface area contributed by atoms with E-state index in [2.05, 4.69) is 5.32 Å². The van der Waals surface area contributed by atoms with Gasteiger partial charge in [0.15, 0.2) is 0 Å². The number of fused-ring (bicyclic) bond motifs is 1. The molecule has 1 fully saturated rings. The second kappa shape index (κ2) is 5.14. The highest BCUT2D eigenvalue weighted by atomic mass is 32.2. The summed E-state index contributed by atoms with van der Waals surface area (Å²) >= 11 is 0. The molecule has 3 rings (SSSR count). The Balaban J connectivity index is 1.77. The van der Waals surface area contributed by atoms with Crippen molar-refractivity contribution in [1.29, 1.82) is 0 Å². The summed E-state index contributed by atoms with van der Waals surface area (Å²) in [4.78, 5) is 23.1. The fourth-order valence-electron chi connectivity index (χ4n) is 2.79. The molecule has 1 heterocycles. The monoisotopic (exact) mass is 308 g/mol. The van der Waals surface area contributed by atoms with Crippen LogP contribution in [0.5, 0.6) is 0 Å². The van der Waals surface area contributed by atoms with Crippen LogP contribution in [0.2, 0.25) is 0 Å². The van der Waals surface area contributed by atoms with Gasteiger partial charge < -0.3 is 5.32 Å². The molecule has 21 heavy (non-hydrogen) atoms. The number of hydrogen-bond donors (Lipinski definition) is 2. The van der Waals surface area contributed by atoms with Gasteiger partial charge in [0.2, 0.25) is 5.91 Å². The maximum Gasteiger partial charge on any atom is 0.264 e. The molecule has 0 aromatic heterocycles. The molecule has 1 aromatic carbocycles. The fourth-order valence-corrected chi connectivity index (χ4v) is 3.86. The average Bonchev–Trinajstić information content (AvgIpc) is 3.05. The van der Waals surface area contributed by atoms with E-state index in [0.29, 0.717) is 6.42 Å². The second-order valence-corrected chi connectivity index (χ2v) is 7.09. The van der Waals surface area contributed by atoms with Crippen molar-refractivity contribution >= 4 is 21.8 Å². The van der Waals surface area contributed by atoms with Crippen molar-refractivity contribution in [2.45, 2.75) is 43.0 Å². The molecule has 1 aromatic rings. The molecule has 112 valence electrons. The molecule has 1 saturated heterocycles. The third kappa shape index (κ3) is 2.78. The topological polar surface area (TPSA) is 92.3 Å². The number of benzene rings is 1. The molecular formula is C14H16N2O4S. The number of carbonyl (C=O) groups excluding carboxylic acids is 2. The zero-order valence-corrected chi connectivity index (χ0v) is 12.2. The number of aryl methyl sites for hydroxylation is 2. The molecule has 0 spiro atoms. The minimum atomic E-state index is -3.89. The molecule has 1 aliphatic carbocycles. The maximum absolute atomic E-state index is 12.2. The van der Waals surface area contributed by atoms with Gasteiger partial charge in [0.05, 0.1) is 4.90 Å². The Morgan fingerprint density at radius 3 is 2.67 bits per heavy atom. The van der Waals surface area contributed by atoms with Crippen LogP contribution in [0, 0.1) is 0 Å². The van der Waals surface area contributed by atoms with Crippen molar-refractivity contribution in [3.63, 3.8) is 0 Å². The number of hydrogen-bond acceptors (Lipinski definition) is 4.